The Morgan fingerprint density at radius 2 is 1.94 bits per heavy atom. The lowest BCUT2D eigenvalue weighted by Gasteiger charge is -2.19. The Hall–Kier alpha value is -1.55. The monoisotopic (exact) mass is 251 g/mol. The molecule has 0 bridgehead atoms. The molecule has 0 N–H and O–H groups in total. The topological polar surface area (TPSA) is 38.8 Å². The third kappa shape index (κ3) is 3.74. The average molecular weight is 251 g/mol. The molecule has 1 aromatic carbocycles. The van der Waals surface area contributed by atoms with Crippen molar-refractivity contribution in [2.75, 3.05) is 27.8 Å². The number of likely N-dealkylation sites (N-methyl/N-ethyl adjacent to an activating group) is 1. The Kier molecular flexibility index (Phi) is 5.16. The highest BCUT2D eigenvalue weighted by atomic mass is 16.5. The molecule has 0 heterocycles. The molecule has 1 aromatic rings. The summed E-state index contributed by atoms with van der Waals surface area (Å²) in [7, 11) is 5.20. The van der Waals surface area contributed by atoms with Crippen molar-refractivity contribution in [3.63, 3.8) is 0 Å². The van der Waals surface area contributed by atoms with Gasteiger partial charge in [-0.05, 0) is 32.5 Å². The second kappa shape index (κ2) is 6.40. The summed E-state index contributed by atoms with van der Waals surface area (Å²) in [4.78, 5) is 13.1. The average Bonchev–Trinajstić information content (AvgIpc) is 2.30. The van der Waals surface area contributed by atoms with E-state index in [0.29, 0.717) is 13.1 Å². The van der Waals surface area contributed by atoms with E-state index < -0.39 is 0 Å². The fourth-order valence-corrected chi connectivity index (χ4v) is 1.96. The fraction of sp³-hybridized carbons (Fsp3) is 0.500. The van der Waals surface area contributed by atoms with Crippen molar-refractivity contribution in [3.8, 4) is 11.5 Å². The van der Waals surface area contributed by atoms with Crippen molar-refractivity contribution in [1.82, 2.24) is 4.90 Å². The van der Waals surface area contributed by atoms with Crippen LogP contribution in [0.25, 0.3) is 0 Å². The molecular formula is C14H21NO3. The zero-order valence-corrected chi connectivity index (χ0v) is 11.7. The lowest BCUT2D eigenvalue weighted by Crippen LogP contribution is -2.24. The van der Waals surface area contributed by atoms with E-state index in [2.05, 4.69) is 0 Å². The Balaban J connectivity index is 2.97. The molecule has 0 unspecified atom stereocenters. The van der Waals surface area contributed by atoms with Gasteiger partial charge >= 0.3 is 0 Å². The first kappa shape index (κ1) is 14.5. The van der Waals surface area contributed by atoms with Gasteiger partial charge in [0.15, 0.2) is 0 Å². The van der Waals surface area contributed by atoms with E-state index in [1.165, 1.54) is 0 Å². The number of methoxy groups -OCH3 is 2. The zero-order valence-electron chi connectivity index (χ0n) is 11.7. The first-order chi connectivity index (χ1) is 8.47. The Morgan fingerprint density at radius 3 is 2.44 bits per heavy atom. The molecule has 0 atom stereocenters. The van der Waals surface area contributed by atoms with Crippen molar-refractivity contribution >= 4 is 5.78 Å². The molecule has 100 valence electrons. The summed E-state index contributed by atoms with van der Waals surface area (Å²) in [5, 5.41) is 0. The van der Waals surface area contributed by atoms with Crippen LogP contribution in [0.3, 0.4) is 0 Å². The summed E-state index contributed by atoms with van der Waals surface area (Å²) in [6, 6.07) is 3.84. The molecule has 0 saturated heterocycles. The predicted molar refractivity (Wildman–Crippen MR) is 71.3 cm³/mol. The minimum Gasteiger partial charge on any atom is -0.497 e. The number of aryl methyl sites for hydroxylation is 1. The van der Waals surface area contributed by atoms with Crippen LogP contribution in [0.1, 0.15) is 18.1 Å². The molecule has 0 aliphatic heterocycles. The Bertz CT molecular complexity index is 429. The van der Waals surface area contributed by atoms with Gasteiger partial charge in [-0.2, -0.15) is 0 Å². The highest BCUT2D eigenvalue weighted by Gasteiger charge is 2.12. The van der Waals surface area contributed by atoms with E-state index in [4.69, 9.17) is 9.47 Å². The molecule has 0 aliphatic carbocycles. The maximum absolute atomic E-state index is 11.1. The molecule has 0 radical (unpaired) electrons. The molecule has 4 heteroatoms. The zero-order chi connectivity index (χ0) is 13.7. The number of benzene rings is 1. The van der Waals surface area contributed by atoms with Gasteiger partial charge in [0.05, 0.1) is 20.8 Å². The molecule has 0 aliphatic rings. The van der Waals surface area contributed by atoms with Crippen molar-refractivity contribution in [2.45, 2.75) is 20.4 Å². The van der Waals surface area contributed by atoms with Gasteiger partial charge in [-0.3, -0.25) is 9.69 Å². The normalized spacial score (nSPS) is 10.6. The number of ether oxygens (including phenoxy) is 2. The largest absolute Gasteiger partial charge is 0.497 e. The second-order valence-corrected chi connectivity index (χ2v) is 4.50. The van der Waals surface area contributed by atoms with E-state index in [-0.39, 0.29) is 5.78 Å². The molecular weight excluding hydrogens is 230 g/mol. The molecule has 4 nitrogen and oxygen atoms in total. The first-order valence-electron chi connectivity index (χ1n) is 5.87. The van der Waals surface area contributed by atoms with Crippen molar-refractivity contribution < 1.29 is 14.3 Å². The summed E-state index contributed by atoms with van der Waals surface area (Å²) in [6.07, 6.45) is 0. The van der Waals surface area contributed by atoms with Crippen LogP contribution in [0.15, 0.2) is 12.1 Å². The molecule has 0 amide bonds. The molecule has 18 heavy (non-hydrogen) atoms. The fourth-order valence-electron chi connectivity index (χ4n) is 1.96. The number of carbonyl (C=O) groups excluding carboxylic acids is 1. The molecule has 0 fully saturated rings. The smallest absolute Gasteiger partial charge is 0.143 e. The van der Waals surface area contributed by atoms with Crippen LogP contribution in [-0.2, 0) is 11.3 Å². The SMILES string of the molecule is COc1cc(C)c(CN(C)CC(C)=O)c(OC)c1. The van der Waals surface area contributed by atoms with Crippen LogP contribution in [-0.4, -0.2) is 38.5 Å². The van der Waals surface area contributed by atoms with Gasteiger partial charge in [-0.15, -0.1) is 0 Å². The maximum atomic E-state index is 11.1. The predicted octanol–water partition coefficient (Wildman–Crippen LogP) is 2.03. The standard InChI is InChI=1S/C14H21NO3/c1-10-6-12(17-4)7-14(18-5)13(10)9-15(3)8-11(2)16/h6-7H,8-9H2,1-5H3. The van der Waals surface area contributed by atoms with Crippen LogP contribution >= 0.6 is 0 Å². The highest BCUT2D eigenvalue weighted by molar-refractivity contribution is 5.77. The summed E-state index contributed by atoms with van der Waals surface area (Å²) in [5.74, 6) is 1.73. The summed E-state index contributed by atoms with van der Waals surface area (Å²) in [5.41, 5.74) is 2.18. The van der Waals surface area contributed by atoms with Crippen LogP contribution in [0.4, 0.5) is 0 Å². The van der Waals surface area contributed by atoms with Gasteiger partial charge in [0.1, 0.15) is 17.3 Å². The van der Waals surface area contributed by atoms with E-state index in [9.17, 15) is 4.79 Å². The lowest BCUT2D eigenvalue weighted by atomic mass is 10.1. The second-order valence-electron chi connectivity index (χ2n) is 4.50. The van der Waals surface area contributed by atoms with Gasteiger partial charge in [0.25, 0.3) is 0 Å². The summed E-state index contributed by atoms with van der Waals surface area (Å²) < 4.78 is 10.6. The van der Waals surface area contributed by atoms with Gasteiger partial charge in [-0.1, -0.05) is 0 Å². The van der Waals surface area contributed by atoms with Crippen LogP contribution < -0.4 is 9.47 Å². The van der Waals surface area contributed by atoms with E-state index in [1.807, 2.05) is 31.0 Å². The number of ketones is 1. The minimum atomic E-state index is 0.155. The number of Topliss-reactive ketones (excluding diaryl/α,β-unsaturated/α-hetero) is 1. The quantitative estimate of drug-likeness (QED) is 0.775. The minimum absolute atomic E-state index is 0.155. The molecule has 0 saturated carbocycles. The van der Waals surface area contributed by atoms with Crippen molar-refractivity contribution in [1.29, 1.82) is 0 Å². The summed E-state index contributed by atoms with van der Waals surface area (Å²) in [6.45, 7) is 4.73. The van der Waals surface area contributed by atoms with Crippen LogP contribution in [0.5, 0.6) is 11.5 Å². The van der Waals surface area contributed by atoms with Gasteiger partial charge in [0.2, 0.25) is 0 Å². The number of hydrogen-bond donors (Lipinski definition) is 0. The van der Waals surface area contributed by atoms with Gasteiger partial charge in [-0.25, -0.2) is 0 Å². The number of carbonyl (C=O) groups is 1. The third-order valence-electron chi connectivity index (χ3n) is 2.78. The summed E-state index contributed by atoms with van der Waals surface area (Å²) >= 11 is 0. The molecule has 0 aromatic heterocycles. The first-order valence-corrected chi connectivity index (χ1v) is 5.87. The van der Waals surface area contributed by atoms with Crippen LogP contribution in [0, 0.1) is 6.92 Å². The van der Waals surface area contributed by atoms with E-state index in [1.54, 1.807) is 21.1 Å². The van der Waals surface area contributed by atoms with E-state index >= 15 is 0 Å². The van der Waals surface area contributed by atoms with E-state index in [0.717, 1.165) is 22.6 Å². The third-order valence-corrected chi connectivity index (χ3v) is 2.78. The highest BCUT2D eigenvalue weighted by Crippen LogP contribution is 2.29. The van der Waals surface area contributed by atoms with Gasteiger partial charge < -0.3 is 9.47 Å². The number of hydrogen-bond acceptors (Lipinski definition) is 4. The van der Waals surface area contributed by atoms with Crippen LogP contribution in [0.2, 0.25) is 0 Å². The van der Waals surface area contributed by atoms with Gasteiger partial charge in [0, 0.05) is 18.2 Å². The number of nitrogens with zero attached hydrogens (tertiary/aromatic N) is 1. The number of rotatable bonds is 6. The Morgan fingerprint density at radius 1 is 1.28 bits per heavy atom. The molecule has 0 spiro atoms. The maximum Gasteiger partial charge on any atom is 0.143 e. The van der Waals surface area contributed by atoms with Crippen molar-refractivity contribution in [3.05, 3.63) is 23.3 Å². The Labute approximate surface area is 108 Å². The lowest BCUT2D eigenvalue weighted by molar-refractivity contribution is -0.117. The van der Waals surface area contributed by atoms with Crippen molar-refractivity contribution in [2.24, 2.45) is 0 Å². The molecule has 1 rings (SSSR count).